The molecule has 4 nitrogen and oxygen atoms in total. The summed E-state index contributed by atoms with van der Waals surface area (Å²) in [5, 5.41) is 1.71. The summed E-state index contributed by atoms with van der Waals surface area (Å²) in [5.41, 5.74) is 6.09. The Kier molecular flexibility index (Phi) is 2.73. The molecule has 0 aliphatic heterocycles. The van der Waals surface area contributed by atoms with Crippen LogP contribution in [0.15, 0.2) is 36.4 Å². The molecule has 2 aromatic rings. The number of nitrogen functional groups attached to an aromatic ring is 1. The van der Waals surface area contributed by atoms with Crippen LogP contribution in [0.3, 0.4) is 0 Å². The summed E-state index contributed by atoms with van der Waals surface area (Å²) in [6, 6.07) is 11.0. The van der Waals surface area contributed by atoms with Gasteiger partial charge in [-0.25, -0.2) is 0 Å². The Labute approximate surface area is 87.9 Å². The Morgan fingerprint density at radius 3 is 2.53 bits per heavy atom. The van der Waals surface area contributed by atoms with Crippen LogP contribution in [-0.2, 0) is 0 Å². The van der Waals surface area contributed by atoms with Crippen LogP contribution in [0.5, 0.6) is 5.75 Å². The van der Waals surface area contributed by atoms with Crippen molar-refractivity contribution in [3.8, 4) is 5.75 Å². The van der Waals surface area contributed by atoms with Gasteiger partial charge < -0.3 is 20.0 Å². The molecule has 0 aliphatic rings. The van der Waals surface area contributed by atoms with E-state index in [0.717, 1.165) is 10.8 Å². The van der Waals surface area contributed by atoms with Gasteiger partial charge in [0.1, 0.15) is 0 Å². The highest BCUT2D eigenvalue weighted by Gasteiger charge is 2.10. The van der Waals surface area contributed by atoms with Gasteiger partial charge in [-0.2, -0.15) is 0 Å². The van der Waals surface area contributed by atoms with E-state index in [1.807, 2.05) is 30.3 Å². The zero-order valence-electron chi connectivity index (χ0n) is 7.79. The van der Waals surface area contributed by atoms with Gasteiger partial charge in [-0.1, -0.05) is 30.3 Å². The van der Waals surface area contributed by atoms with Crippen molar-refractivity contribution in [2.24, 2.45) is 0 Å². The minimum Gasteiger partial charge on any atom is -0.424 e. The SMILES string of the molecule is Nc1ccc2ccccc2c1OP(O)O. The molecule has 0 aliphatic carbocycles. The standard InChI is InChI=1S/C10H10NO3P/c11-9-6-5-7-3-1-2-4-8(7)10(9)14-15(12)13/h1-6,12-13H,11H2. The molecule has 0 unspecified atom stereocenters. The number of fused-ring (bicyclic) bond motifs is 1. The number of anilines is 1. The van der Waals surface area contributed by atoms with Crippen molar-refractivity contribution in [2.75, 3.05) is 5.73 Å². The van der Waals surface area contributed by atoms with Crippen molar-refractivity contribution >= 4 is 25.1 Å². The van der Waals surface area contributed by atoms with Gasteiger partial charge in [0, 0.05) is 5.39 Å². The third kappa shape index (κ3) is 2.02. The highest BCUT2D eigenvalue weighted by atomic mass is 31.2. The number of hydrogen-bond donors (Lipinski definition) is 3. The van der Waals surface area contributed by atoms with Crippen LogP contribution in [0.2, 0.25) is 0 Å². The first-order chi connectivity index (χ1) is 7.18. The quantitative estimate of drug-likeness (QED) is 0.537. The Morgan fingerprint density at radius 2 is 1.80 bits per heavy atom. The zero-order valence-corrected chi connectivity index (χ0v) is 8.69. The molecule has 0 atom stereocenters. The molecule has 0 bridgehead atoms. The highest BCUT2D eigenvalue weighted by molar-refractivity contribution is 7.39. The second-order valence-corrected chi connectivity index (χ2v) is 3.74. The van der Waals surface area contributed by atoms with Crippen LogP contribution in [0, 0.1) is 0 Å². The van der Waals surface area contributed by atoms with Crippen molar-refractivity contribution in [2.45, 2.75) is 0 Å². The Hall–Kier alpha value is -1.35. The fourth-order valence-corrected chi connectivity index (χ4v) is 1.81. The first-order valence-electron chi connectivity index (χ1n) is 4.31. The average molecular weight is 223 g/mol. The van der Waals surface area contributed by atoms with Crippen molar-refractivity contribution in [1.29, 1.82) is 0 Å². The summed E-state index contributed by atoms with van der Waals surface area (Å²) in [5.74, 6) is 0.323. The van der Waals surface area contributed by atoms with E-state index in [-0.39, 0.29) is 0 Å². The van der Waals surface area contributed by atoms with Crippen LogP contribution < -0.4 is 10.3 Å². The molecule has 0 aromatic heterocycles. The van der Waals surface area contributed by atoms with E-state index in [0.29, 0.717) is 11.4 Å². The van der Waals surface area contributed by atoms with Crippen LogP contribution in [-0.4, -0.2) is 9.79 Å². The summed E-state index contributed by atoms with van der Waals surface area (Å²) < 4.78 is 4.91. The minimum atomic E-state index is -2.45. The fraction of sp³-hybridized carbons (Fsp3) is 0. The zero-order chi connectivity index (χ0) is 10.8. The second kappa shape index (κ2) is 4.03. The van der Waals surface area contributed by atoms with E-state index in [1.165, 1.54) is 0 Å². The maximum absolute atomic E-state index is 8.83. The molecule has 15 heavy (non-hydrogen) atoms. The molecule has 0 saturated heterocycles. The lowest BCUT2D eigenvalue weighted by atomic mass is 10.1. The van der Waals surface area contributed by atoms with E-state index < -0.39 is 8.60 Å². The monoisotopic (exact) mass is 223 g/mol. The van der Waals surface area contributed by atoms with Crippen LogP contribution in [0.25, 0.3) is 10.8 Å². The first kappa shape index (κ1) is 10.2. The van der Waals surface area contributed by atoms with Crippen LogP contribution in [0.1, 0.15) is 0 Å². The topological polar surface area (TPSA) is 75.7 Å². The van der Waals surface area contributed by atoms with E-state index in [9.17, 15) is 0 Å². The van der Waals surface area contributed by atoms with Crippen LogP contribution >= 0.6 is 8.60 Å². The molecular weight excluding hydrogens is 213 g/mol. The fourth-order valence-electron chi connectivity index (χ4n) is 1.44. The molecule has 4 N–H and O–H groups in total. The smallest absolute Gasteiger partial charge is 0.391 e. The highest BCUT2D eigenvalue weighted by Crippen LogP contribution is 2.38. The minimum absolute atomic E-state index is 0.323. The normalized spacial score (nSPS) is 10.9. The molecule has 0 spiro atoms. The molecule has 0 heterocycles. The van der Waals surface area contributed by atoms with E-state index in [4.69, 9.17) is 20.0 Å². The summed E-state index contributed by atoms with van der Waals surface area (Å²) in [6.45, 7) is 0. The van der Waals surface area contributed by atoms with Gasteiger partial charge in [0.05, 0.1) is 5.69 Å². The van der Waals surface area contributed by atoms with Gasteiger partial charge in [0.15, 0.2) is 5.75 Å². The molecule has 0 amide bonds. The van der Waals surface area contributed by atoms with Gasteiger partial charge >= 0.3 is 8.60 Å². The lowest BCUT2D eigenvalue weighted by Crippen LogP contribution is -1.93. The molecule has 2 aromatic carbocycles. The molecule has 5 heteroatoms. The lowest BCUT2D eigenvalue weighted by Gasteiger charge is -2.11. The maximum atomic E-state index is 8.83. The number of benzene rings is 2. The van der Waals surface area contributed by atoms with E-state index >= 15 is 0 Å². The number of nitrogens with two attached hydrogens (primary N) is 1. The third-order valence-corrected chi connectivity index (χ3v) is 2.43. The van der Waals surface area contributed by atoms with Crippen LogP contribution in [0.4, 0.5) is 5.69 Å². The maximum Gasteiger partial charge on any atom is 0.391 e. The largest absolute Gasteiger partial charge is 0.424 e. The number of rotatable bonds is 2. The predicted molar refractivity (Wildman–Crippen MR) is 60.3 cm³/mol. The Morgan fingerprint density at radius 1 is 1.07 bits per heavy atom. The summed E-state index contributed by atoms with van der Waals surface area (Å²) >= 11 is 0. The molecule has 0 saturated carbocycles. The van der Waals surface area contributed by atoms with Gasteiger partial charge in [-0.05, 0) is 11.5 Å². The summed E-state index contributed by atoms with van der Waals surface area (Å²) in [6.07, 6.45) is 0. The molecule has 0 radical (unpaired) electrons. The average Bonchev–Trinajstić information content (AvgIpc) is 2.22. The Bertz CT molecular complexity index is 487. The number of hydrogen-bond acceptors (Lipinski definition) is 4. The molecule has 78 valence electrons. The first-order valence-corrected chi connectivity index (χ1v) is 5.48. The van der Waals surface area contributed by atoms with Crippen molar-refractivity contribution in [3.63, 3.8) is 0 Å². The lowest BCUT2D eigenvalue weighted by molar-refractivity contribution is 0.377. The molecule has 2 rings (SSSR count). The predicted octanol–water partition coefficient (Wildman–Crippen LogP) is 2.01. The summed E-state index contributed by atoms with van der Waals surface area (Å²) in [4.78, 5) is 17.7. The molecular formula is C10H10NO3P. The van der Waals surface area contributed by atoms with Crippen molar-refractivity contribution in [1.82, 2.24) is 0 Å². The van der Waals surface area contributed by atoms with Gasteiger partial charge in [-0.15, -0.1) is 0 Å². The van der Waals surface area contributed by atoms with Crippen molar-refractivity contribution < 1.29 is 14.3 Å². The summed E-state index contributed by atoms with van der Waals surface area (Å²) in [7, 11) is -2.45. The van der Waals surface area contributed by atoms with E-state index in [1.54, 1.807) is 6.07 Å². The Balaban J connectivity index is 2.63. The van der Waals surface area contributed by atoms with Crippen molar-refractivity contribution in [3.05, 3.63) is 36.4 Å². The second-order valence-electron chi connectivity index (χ2n) is 3.05. The van der Waals surface area contributed by atoms with Gasteiger partial charge in [0.25, 0.3) is 0 Å². The van der Waals surface area contributed by atoms with Gasteiger partial charge in [0.2, 0.25) is 0 Å². The van der Waals surface area contributed by atoms with E-state index in [2.05, 4.69) is 0 Å². The third-order valence-electron chi connectivity index (χ3n) is 2.08. The van der Waals surface area contributed by atoms with Gasteiger partial charge in [-0.3, -0.25) is 0 Å². The molecule has 0 fully saturated rings.